The van der Waals surface area contributed by atoms with Gasteiger partial charge in [0.2, 0.25) is 5.91 Å². The molecule has 0 saturated carbocycles. The summed E-state index contributed by atoms with van der Waals surface area (Å²) in [5.74, 6) is -0.951. The molecular formula is C19H20N2O5. The van der Waals surface area contributed by atoms with E-state index < -0.39 is 22.8 Å². The van der Waals surface area contributed by atoms with E-state index in [4.69, 9.17) is 4.74 Å². The van der Waals surface area contributed by atoms with Crippen molar-refractivity contribution < 1.29 is 19.2 Å². The molecule has 1 atom stereocenters. The first-order valence-corrected chi connectivity index (χ1v) is 8.05. The number of amides is 1. The molecule has 1 amide bonds. The average molecular weight is 356 g/mol. The molecule has 0 saturated heterocycles. The highest BCUT2D eigenvalue weighted by atomic mass is 16.6. The van der Waals surface area contributed by atoms with Gasteiger partial charge in [0.15, 0.2) is 0 Å². The summed E-state index contributed by atoms with van der Waals surface area (Å²) < 4.78 is 4.77. The van der Waals surface area contributed by atoms with Crippen LogP contribution in [0.3, 0.4) is 0 Å². The Hall–Kier alpha value is -3.22. The van der Waals surface area contributed by atoms with Gasteiger partial charge in [-0.1, -0.05) is 42.0 Å². The summed E-state index contributed by atoms with van der Waals surface area (Å²) in [6, 6.07) is 12.6. The van der Waals surface area contributed by atoms with E-state index in [0.717, 1.165) is 11.1 Å². The number of esters is 1. The second kappa shape index (κ2) is 8.75. The largest absolute Gasteiger partial charge is 0.467 e. The topological polar surface area (TPSA) is 98.5 Å². The highest BCUT2D eigenvalue weighted by molar-refractivity contribution is 5.85. The lowest BCUT2D eigenvalue weighted by Gasteiger charge is -2.17. The maximum atomic E-state index is 12.3. The molecule has 26 heavy (non-hydrogen) atoms. The predicted octanol–water partition coefficient (Wildman–Crippen LogP) is 2.35. The summed E-state index contributed by atoms with van der Waals surface area (Å²) in [4.78, 5) is 34.6. The van der Waals surface area contributed by atoms with E-state index in [-0.39, 0.29) is 12.1 Å². The van der Waals surface area contributed by atoms with Crippen molar-refractivity contribution in [1.82, 2.24) is 5.32 Å². The molecule has 0 spiro atoms. The number of carbonyl (C=O) groups excluding carboxylic acids is 2. The molecule has 7 heteroatoms. The van der Waals surface area contributed by atoms with E-state index in [2.05, 4.69) is 5.32 Å². The Labute approximate surface area is 151 Å². The first-order valence-electron chi connectivity index (χ1n) is 8.05. The smallest absolute Gasteiger partial charge is 0.328 e. The first kappa shape index (κ1) is 19.1. The number of ether oxygens (including phenoxy) is 1. The van der Waals surface area contributed by atoms with Crippen molar-refractivity contribution in [1.29, 1.82) is 0 Å². The second-order valence-corrected chi connectivity index (χ2v) is 5.94. The van der Waals surface area contributed by atoms with Crippen molar-refractivity contribution in [2.45, 2.75) is 25.8 Å². The highest BCUT2D eigenvalue weighted by Crippen LogP contribution is 2.14. The van der Waals surface area contributed by atoms with E-state index in [1.54, 1.807) is 6.07 Å². The van der Waals surface area contributed by atoms with Crippen LogP contribution in [0.25, 0.3) is 0 Å². The predicted molar refractivity (Wildman–Crippen MR) is 95.6 cm³/mol. The van der Waals surface area contributed by atoms with Crippen LogP contribution < -0.4 is 5.32 Å². The van der Waals surface area contributed by atoms with Gasteiger partial charge in [-0.25, -0.2) is 4.79 Å². The molecule has 136 valence electrons. The standard InChI is InChI=1S/C19H20N2O5/c1-13-5-3-6-14(9-13)11-17(19(23)26-2)20-18(22)12-15-7-4-8-16(10-15)21(24)25/h3-10,17H,11-12H2,1-2H3,(H,20,22)/t17-/m0/s1. The molecule has 0 radical (unpaired) electrons. The monoisotopic (exact) mass is 356 g/mol. The van der Waals surface area contributed by atoms with Crippen LogP contribution >= 0.6 is 0 Å². The minimum absolute atomic E-state index is 0.0665. The molecule has 0 unspecified atom stereocenters. The third-order valence-electron chi connectivity index (χ3n) is 3.83. The van der Waals surface area contributed by atoms with Gasteiger partial charge in [0, 0.05) is 18.6 Å². The first-order chi connectivity index (χ1) is 12.4. The van der Waals surface area contributed by atoms with Crippen LogP contribution in [0.2, 0.25) is 0 Å². The molecule has 1 N–H and O–H groups in total. The Morgan fingerprint density at radius 2 is 1.85 bits per heavy atom. The quantitative estimate of drug-likeness (QED) is 0.466. The summed E-state index contributed by atoms with van der Waals surface area (Å²) in [7, 11) is 1.26. The SMILES string of the molecule is COC(=O)[C@H](Cc1cccc(C)c1)NC(=O)Cc1cccc([N+](=O)[O-])c1. The van der Waals surface area contributed by atoms with Crippen LogP contribution in [-0.4, -0.2) is 30.0 Å². The molecule has 2 rings (SSSR count). The molecule has 0 fully saturated rings. The van der Waals surface area contributed by atoms with Crippen LogP contribution in [-0.2, 0) is 27.2 Å². The number of nitrogens with zero attached hydrogens (tertiary/aromatic N) is 1. The number of nitro benzene ring substituents is 1. The van der Waals surface area contributed by atoms with Gasteiger partial charge < -0.3 is 10.1 Å². The molecule has 0 aliphatic heterocycles. The number of nitrogens with one attached hydrogen (secondary N) is 1. The Morgan fingerprint density at radius 1 is 1.15 bits per heavy atom. The molecule has 7 nitrogen and oxygen atoms in total. The van der Waals surface area contributed by atoms with E-state index >= 15 is 0 Å². The summed E-state index contributed by atoms with van der Waals surface area (Å²) in [6.45, 7) is 1.94. The molecular weight excluding hydrogens is 336 g/mol. The number of hydrogen-bond donors (Lipinski definition) is 1. The van der Waals surface area contributed by atoms with Gasteiger partial charge in [0.05, 0.1) is 18.5 Å². The third-order valence-corrected chi connectivity index (χ3v) is 3.83. The number of benzene rings is 2. The summed E-state index contributed by atoms with van der Waals surface area (Å²) in [5.41, 5.74) is 2.36. The molecule has 0 heterocycles. The number of methoxy groups -OCH3 is 1. The van der Waals surface area contributed by atoms with E-state index in [0.29, 0.717) is 12.0 Å². The molecule has 2 aromatic carbocycles. The number of rotatable bonds is 7. The zero-order valence-corrected chi connectivity index (χ0v) is 14.6. The maximum absolute atomic E-state index is 12.3. The fourth-order valence-electron chi connectivity index (χ4n) is 2.62. The van der Waals surface area contributed by atoms with Crippen molar-refractivity contribution in [2.75, 3.05) is 7.11 Å². The van der Waals surface area contributed by atoms with Crippen LogP contribution in [0.1, 0.15) is 16.7 Å². The fraction of sp³-hybridized carbons (Fsp3) is 0.263. The zero-order valence-electron chi connectivity index (χ0n) is 14.6. The lowest BCUT2D eigenvalue weighted by molar-refractivity contribution is -0.384. The number of non-ortho nitro benzene ring substituents is 1. The van der Waals surface area contributed by atoms with Gasteiger partial charge in [-0.15, -0.1) is 0 Å². The van der Waals surface area contributed by atoms with Crippen molar-refractivity contribution in [2.24, 2.45) is 0 Å². The van der Waals surface area contributed by atoms with Gasteiger partial charge >= 0.3 is 5.97 Å². The van der Waals surface area contributed by atoms with Crippen LogP contribution in [0, 0.1) is 17.0 Å². The van der Waals surface area contributed by atoms with Crippen LogP contribution in [0.5, 0.6) is 0 Å². The van der Waals surface area contributed by atoms with Gasteiger partial charge in [-0.05, 0) is 18.1 Å². The Balaban J connectivity index is 2.07. The van der Waals surface area contributed by atoms with Crippen LogP contribution in [0.4, 0.5) is 5.69 Å². The minimum Gasteiger partial charge on any atom is -0.467 e. The second-order valence-electron chi connectivity index (χ2n) is 5.94. The number of carbonyl (C=O) groups is 2. The molecule has 0 bridgehead atoms. The Morgan fingerprint density at radius 3 is 2.50 bits per heavy atom. The Kier molecular flexibility index (Phi) is 6.43. The molecule has 2 aromatic rings. The fourth-order valence-corrected chi connectivity index (χ4v) is 2.62. The third kappa shape index (κ3) is 5.41. The number of aryl methyl sites for hydroxylation is 1. The van der Waals surface area contributed by atoms with Crippen molar-refractivity contribution >= 4 is 17.6 Å². The molecule has 0 aliphatic carbocycles. The summed E-state index contributed by atoms with van der Waals surface area (Å²) >= 11 is 0. The molecule has 0 aromatic heterocycles. The number of nitro groups is 1. The van der Waals surface area contributed by atoms with Gasteiger partial charge in [-0.3, -0.25) is 14.9 Å². The van der Waals surface area contributed by atoms with Crippen molar-refractivity contribution in [3.8, 4) is 0 Å². The van der Waals surface area contributed by atoms with E-state index in [9.17, 15) is 19.7 Å². The normalized spacial score (nSPS) is 11.5. The van der Waals surface area contributed by atoms with E-state index in [1.807, 2.05) is 31.2 Å². The van der Waals surface area contributed by atoms with Gasteiger partial charge in [0.1, 0.15) is 6.04 Å². The van der Waals surface area contributed by atoms with Gasteiger partial charge in [0.25, 0.3) is 5.69 Å². The van der Waals surface area contributed by atoms with Crippen molar-refractivity contribution in [3.05, 3.63) is 75.3 Å². The molecule has 0 aliphatic rings. The van der Waals surface area contributed by atoms with E-state index in [1.165, 1.54) is 25.3 Å². The van der Waals surface area contributed by atoms with Crippen molar-refractivity contribution in [3.63, 3.8) is 0 Å². The summed E-state index contributed by atoms with van der Waals surface area (Å²) in [5, 5.41) is 13.5. The minimum atomic E-state index is -0.826. The van der Waals surface area contributed by atoms with Crippen LogP contribution in [0.15, 0.2) is 48.5 Å². The van der Waals surface area contributed by atoms with Gasteiger partial charge in [-0.2, -0.15) is 0 Å². The highest BCUT2D eigenvalue weighted by Gasteiger charge is 2.22. The zero-order chi connectivity index (χ0) is 19.1. The lowest BCUT2D eigenvalue weighted by atomic mass is 10.0. The summed E-state index contributed by atoms with van der Waals surface area (Å²) in [6.07, 6.45) is 0.234. The Bertz CT molecular complexity index is 819. The average Bonchev–Trinajstić information content (AvgIpc) is 2.60. The number of hydrogen-bond acceptors (Lipinski definition) is 5. The lowest BCUT2D eigenvalue weighted by Crippen LogP contribution is -2.43. The maximum Gasteiger partial charge on any atom is 0.328 e.